The van der Waals surface area contributed by atoms with E-state index in [0.29, 0.717) is 0 Å². The molecule has 0 radical (unpaired) electrons. The topological polar surface area (TPSA) is 122 Å². The molecule has 146 valence electrons. The van der Waals surface area contributed by atoms with E-state index in [1.807, 2.05) is 30.3 Å². The van der Waals surface area contributed by atoms with Gasteiger partial charge in [-0.25, -0.2) is 9.28 Å². The van der Waals surface area contributed by atoms with Gasteiger partial charge in [0.2, 0.25) is 6.04 Å². The molecule has 9 nitrogen and oxygen atoms in total. The third-order valence-electron chi connectivity index (χ3n) is 5.12. The van der Waals surface area contributed by atoms with Crippen LogP contribution < -0.4 is 0 Å². The molecule has 1 aliphatic rings. The van der Waals surface area contributed by atoms with Crippen molar-refractivity contribution in [2.24, 2.45) is 5.11 Å². The SMILES string of the molecule is CO[C@@H]1[C@@H](C(=O)OCc2ccccc2)[N+](C(=O)O)(C(C)(C)C)C[C@H]1N=[N+]=[N-]. The lowest BCUT2D eigenvalue weighted by atomic mass is 9.99. The first-order chi connectivity index (χ1) is 12.7. The van der Waals surface area contributed by atoms with Gasteiger partial charge >= 0.3 is 12.1 Å². The average Bonchev–Trinajstić information content (AvgIpc) is 2.96. The number of likely N-dealkylation sites (tertiary alicyclic amines) is 1. The van der Waals surface area contributed by atoms with Crippen LogP contribution >= 0.6 is 0 Å². The average molecular weight is 377 g/mol. The van der Waals surface area contributed by atoms with Crippen molar-refractivity contribution in [3.05, 3.63) is 46.3 Å². The summed E-state index contributed by atoms with van der Waals surface area (Å²) in [6, 6.07) is 7.14. The Morgan fingerprint density at radius 3 is 2.44 bits per heavy atom. The van der Waals surface area contributed by atoms with E-state index in [1.54, 1.807) is 20.8 Å². The Morgan fingerprint density at radius 2 is 1.96 bits per heavy atom. The van der Waals surface area contributed by atoms with Crippen molar-refractivity contribution in [3.8, 4) is 0 Å². The van der Waals surface area contributed by atoms with Crippen LogP contribution in [0.4, 0.5) is 4.79 Å². The number of nitrogens with zero attached hydrogens (tertiary/aromatic N) is 4. The van der Waals surface area contributed by atoms with Gasteiger partial charge in [-0.15, -0.1) is 0 Å². The molecule has 4 atom stereocenters. The number of rotatable bonds is 5. The monoisotopic (exact) mass is 377 g/mol. The normalized spacial score (nSPS) is 27.6. The summed E-state index contributed by atoms with van der Waals surface area (Å²) in [5.74, 6) is -0.696. The number of amides is 1. The third kappa shape index (κ3) is 3.75. The van der Waals surface area contributed by atoms with Gasteiger partial charge in [-0.05, 0) is 31.9 Å². The number of esters is 1. The molecule has 1 aromatic carbocycles. The number of methoxy groups -OCH3 is 1. The van der Waals surface area contributed by atoms with Crippen molar-refractivity contribution >= 4 is 12.1 Å². The second kappa shape index (κ2) is 7.96. The Labute approximate surface area is 157 Å². The first-order valence-corrected chi connectivity index (χ1v) is 8.58. The van der Waals surface area contributed by atoms with E-state index in [0.717, 1.165) is 5.56 Å². The summed E-state index contributed by atoms with van der Waals surface area (Å²) in [4.78, 5) is 28.1. The molecule has 0 aliphatic carbocycles. The van der Waals surface area contributed by atoms with Gasteiger partial charge in [0.15, 0.2) is 0 Å². The van der Waals surface area contributed by atoms with Crippen LogP contribution in [0.25, 0.3) is 10.4 Å². The number of benzene rings is 1. The molecule has 1 heterocycles. The van der Waals surface area contributed by atoms with Crippen LogP contribution in [0, 0.1) is 0 Å². The summed E-state index contributed by atoms with van der Waals surface area (Å²) in [6.45, 7) is 5.13. The van der Waals surface area contributed by atoms with Crippen LogP contribution in [0.5, 0.6) is 0 Å². The quantitative estimate of drug-likeness (QED) is 0.278. The molecule has 1 saturated heterocycles. The van der Waals surface area contributed by atoms with Gasteiger partial charge < -0.3 is 14.6 Å². The third-order valence-corrected chi connectivity index (χ3v) is 5.12. The van der Waals surface area contributed by atoms with E-state index < -0.39 is 40.3 Å². The number of hydrogen-bond donors (Lipinski definition) is 1. The van der Waals surface area contributed by atoms with Crippen LogP contribution in [0.3, 0.4) is 0 Å². The minimum Gasteiger partial charge on any atom is -0.456 e. The van der Waals surface area contributed by atoms with Crippen LogP contribution in [0.15, 0.2) is 35.4 Å². The van der Waals surface area contributed by atoms with Gasteiger partial charge in [-0.3, -0.25) is 0 Å². The summed E-state index contributed by atoms with van der Waals surface area (Å²) in [6.07, 6.45) is -2.10. The van der Waals surface area contributed by atoms with Gasteiger partial charge in [0.25, 0.3) is 0 Å². The van der Waals surface area contributed by atoms with Crippen molar-refractivity contribution in [2.75, 3.05) is 13.7 Å². The van der Waals surface area contributed by atoms with Gasteiger partial charge in [0, 0.05) is 12.0 Å². The zero-order valence-electron chi connectivity index (χ0n) is 15.9. The second-order valence-corrected chi connectivity index (χ2v) is 7.52. The van der Waals surface area contributed by atoms with Crippen molar-refractivity contribution in [3.63, 3.8) is 0 Å². The number of quaternary nitrogens is 1. The maximum Gasteiger partial charge on any atom is 0.514 e. The summed E-state index contributed by atoms with van der Waals surface area (Å²) in [5, 5.41) is 13.8. The van der Waals surface area contributed by atoms with Gasteiger partial charge in [-0.1, -0.05) is 35.4 Å². The lowest BCUT2D eigenvalue weighted by Crippen LogP contribution is -2.69. The van der Waals surface area contributed by atoms with Crippen molar-refractivity contribution < 1.29 is 28.7 Å². The van der Waals surface area contributed by atoms with E-state index in [2.05, 4.69) is 10.0 Å². The minimum absolute atomic E-state index is 0.0164. The molecule has 1 aliphatic heterocycles. The van der Waals surface area contributed by atoms with E-state index in [9.17, 15) is 14.7 Å². The van der Waals surface area contributed by atoms with Crippen LogP contribution in [0.1, 0.15) is 26.3 Å². The molecule has 2 rings (SSSR count). The van der Waals surface area contributed by atoms with Gasteiger partial charge in [0.1, 0.15) is 30.8 Å². The summed E-state index contributed by atoms with van der Waals surface area (Å²) in [7, 11) is 1.37. The number of carboxylic acid groups (broad SMARTS) is 1. The molecule has 0 bridgehead atoms. The Morgan fingerprint density at radius 1 is 1.33 bits per heavy atom. The predicted molar refractivity (Wildman–Crippen MR) is 96.7 cm³/mol. The Hall–Kier alpha value is -2.61. The van der Waals surface area contributed by atoms with Crippen LogP contribution in [-0.2, 0) is 20.9 Å². The molecule has 1 fully saturated rings. The van der Waals surface area contributed by atoms with Crippen molar-refractivity contribution in [1.29, 1.82) is 0 Å². The van der Waals surface area contributed by atoms with Gasteiger partial charge in [-0.2, -0.15) is 4.79 Å². The lowest BCUT2D eigenvalue weighted by molar-refractivity contribution is -0.908. The van der Waals surface area contributed by atoms with E-state index >= 15 is 0 Å². The highest BCUT2D eigenvalue weighted by molar-refractivity contribution is 5.78. The molecule has 0 saturated carbocycles. The first kappa shape index (κ1) is 20.7. The minimum atomic E-state index is -1.19. The fourth-order valence-corrected chi connectivity index (χ4v) is 3.73. The largest absolute Gasteiger partial charge is 0.514 e. The van der Waals surface area contributed by atoms with E-state index in [-0.39, 0.29) is 13.2 Å². The molecule has 0 spiro atoms. The highest BCUT2D eigenvalue weighted by Crippen LogP contribution is 2.40. The molecule has 9 heteroatoms. The molecule has 1 N–H and O–H groups in total. The fraction of sp³-hybridized carbons (Fsp3) is 0.556. The van der Waals surface area contributed by atoms with Crippen molar-refractivity contribution in [1.82, 2.24) is 0 Å². The fourth-order valence-electron chi connectivity index (χ4n) is 3.73. The molecule has 1 unspecified atom stereocenters. The zero-order valence-corrected chi connectivity index (χ0v) is 15.9. The van der Waals surface area contributed by atoms with E-state index in [4.69, 9.17) is 15.0 Å². The molecular formula is C18H25N4O5+. The number of hydrogen-bond acceptors (Lipinski definition) is 5. The summed E-state index contributed by atoms with van der Waals surface area (Å²) in [5.41, 5.74) is 8.78. The second-order valence-electron chi connectivity index (χ2n) is 7.52. The molecule has 27 heavy (non-hydrogen) atoms. The smallest absolute Gasteiger partial charge is 0.456 e. The maximum absolute atomic E-state index is 13.0. The molecular weight excluding hydrogens is 352 g/mol. The Kier molecular flexibility index (Phi) is 6.10. The summed E-state index contributed by atoms with van der Waals surface area (Å²) < 4.78 is 10.2. The van der Waals surface area contributed by atoms with Crippen LogP contribution in [0.2, 0.25) is 0 Å². The standard InChI is InChI=1S/C18H24N4O5/c1-18(2,3)22(17(24)25)10-13(20-21-19)15(26-4)14(22)16(23)27-11-12-8-6-5-7-9-12/h5-9,13-15H,10-11H2,1-4H3/p+1/t13-,14+,15+,22?/m1/s1. The number of carbonyl (C=O) groups is 2. The molecule has 1 amide bonds. The summed E-state index contributed by atoms with van der Waals surface area (Å²) >= 11 is 0. The first-order valence-electron chi connectivity index (χ1n) is 8.58. The number of ether oxygens (including phenoxy) is 2. The molecule has 0 aromatic heterocycles. The number of carbonyl (C=O) groups excluding carboxylic acids is 1. The number of azide groups is 1. The molecule has 1 aromatic rings. The van der Waals surface area contributed by atoms with E-state index in [1.165, 1.54) is 7.11 Å². The Bertz CT molecular complexity index is 742. The zero-order chi connectivity index (χ0) is 20.2. The highest BCUT2D eigenvalue weighted by Gasteiger charge is 2.67. The lowest BCUT2D eigenvalue weighted by Gasteiger charge is -2.43. The Balaban J connectivity index is 2.43. The van der Waals surface area contributed by atoms with Crippen LogP contribution in [-0.4, -0.2) is 59.0 Å². The van der Waals surface area contributed by atoms with Crippen molar-refractivity contribution in [2.45, 2.75) is 51.1 Å². The maximum atomic E-state index is 13.0. The predicted octanol–water partition coefficient (Wildman–Crippen LogP) is 3.10. The van der Waals surface area contributed by atoms with Gasteiger partial charge in [0.05, 0.1) is 0 Å². The highest BCUT2D eigenvalue weighted by atomic mass is 16.5.